The molecule has 1 aromatic carbocycles. The largest absolute Gasteiger partial charge is 0.338 e. The zero-order valence-electron chi connectivity index (χ0n) is 12.1. The average molecular weight is 277 g/mol. The number of amides is 1. The van der Waals surface area contributed by atoms with E-state index in [0.717, 1.165) is 24.4 Å². The minimum Gasteiger partial charge on any atom is -0.338 e. The summed E-state index contributed by atoms with van der Waals surface area (Å²) in [4.78, 5) is 14.5. The number of piperidine rings is 1. The molecule has 19 heavy (non-hydrogen) atoms. The van der Waals surface area contributed by atoms with Crippen LogP contribution in [0.25, 0.3) is 0 Å². The van der Waals surface area contributed by atoms with Crippen molar-refractivity contribution < 1.29 is 4.79 Å². The number of thioether (sulfide) groups is 1. The van der Waals surface area contributed by atoms with E-state index in [4.69, 9.17) is 0 Å². The molecule has 0 saturated carbocycles. The van der Waals surface area contributed by atoms with Gasteiger partial charge in [0.25, 0.3) is 5.91 Å². The van der Waals surface area contributed by atoms with Crippen LogP contribution in [0.5, 0.6) is 0 Å². The Kier molecular flexibility index (Phi) is 4.92. The van der Waals surface area contributed by atoms with Crippen LogP contribution in [0, 0.1) is 11.8 Å². The van der Waals surface area contributed by atoms with Crippen LogP contribution < -0.4 is 0 Å². The van der Waals surface area contributed by atoms with Gasteiger partial charge in [-0.2, -0.15) is 11.8 Å². The molecule has 2 rings (SSSR count). The number of carbonyl (C=O) groups excluding carboxylic acids is 1. The highest BCUT2D eigenvalue weighted by molar-refractivity contribution is 7.97. The fraction of sp³-hybridized carbons (Fsp3) is 0.562. The van der Waals surface area contributed by atoms with Gasteiger partial charge in [0, 0.05) is 24.4 Å². The third-order valence-corrected chi connectivity index (χ3v) is 4.29. The smallest absolute Gasteiger partial charge is 0.253 e. The molecule has 0 spiro atoms. The van der Waals surface area contributed by atoms with Gasteiger partial charge in [-0.25, -0.2) is 0 Å². The van der Waals surface area contributed by atoms with Gasteiger partial charge in [-0.1, -0.05) is 26.0 Å². The maximum atomic E-state index is 12.5. The lowest BCUT2D eigenvalue weighted by Gasteiger charge is -2.35. The van der Waals surface area contributed by atoms with Gasteiger partial charge in [0.1, 0.15) is 0 Å². The lowest BCUT2D eigenvalue weighted by atomic mass is 9.91. The Labute approximate surface area is 120 Å². The summed E-state index contributed by atoms with van der Waals surface area (Å²) in [6.45, 7) is 6.26. The first-order valence-corrected chi connectivity index (χ1v) is 8.36. The minimum absolute atomic E-state index is 0.189. The number of nitrogens with zero attached hydrogens (tertiary/aromatic N) is 1. The van der Waals surface area contributed by atoms with Crippen LogP contribution >= 0.6 is 11.8 Å². The summed E-state index contributed by atoms with van der Waals surface area (Å²) in [6, 6.07) is 8.08. The van der Waals surface area contributed by atoms with E-state index in [0.29, 0.717) is 11.8 Å². The predicted octanol–water partition coefficient (Wildman–Crippen LogP) is 3.67. The normalized spacial score (nSPS) is 23.4. The third-order valence-electron chi connectivity index (χ3n) is 3.67. The molecule has 0 bridgehead atoms. The van der Waals surface area contributed by atoms with Gasteiger partial charge >= 0.3 is 0 Å². The molecule has 1 amide bonds. The molecule has 1 fully saturated rings. The number of carbonyl (C=O) groups is 1. The van der Waals surface area contributed by atoms with Crippen molar-refractivity contribution in [2.45, 2.75) is 26.0 Å². The first-order valence-electron chi connectivity index (χ1n) is 6.97. The van der Waals surface area contributed by atoms with Gasteiger partial charge in [-0.3, -0.25) is 4.79 Å². The second-order valence-corrected chi connectivity index (χ2v) is 6.65. The van der Waals surface area contributed by atoms with E-state index in [-0.39, 0.29) is 5.91 Å². The number of rotatable bonds is 3. The standard InChI is InChI=1S/C16H23NOS/c1-12-8-13(2)10-17(9-12)16(18)15-6-4-14(5-7-15)11-19-3/h4-7,12-13H,8-11H2,1-3H3. The molecular formula is C16H23NOS. The van der Waals surface area contributed by atoms with Crippen molar-refractivity contribution in [1.29, 1.82) is 0 Å². The highest BCUT2D eigenvalue weighted by atomic mass is 32.2. The van der Waals surface area contributed by atoms with Gasteiger partial charge in [0.2, 0.25) is 0 Å². The molecule has 3 heteroatoms. The van der Waals surface area contributed by atoms with Gasteiger partial charge in [-0.15, -0.1) is 0 Å². The number of hydrogen-bond donors (Lipinski definition) is 0. The number of benzene rings is 1. The van der Waals surface area contributed by atoms with Crippen molar-refractivity contribution in [3.05, 3.63) is 35.4 Å². The van der Waals surface area contributed by atoms with Crippen molar-refractivity contribution in [1.82, 2.24) is 4.90 Å². The summed E-state index contributed by atoms with van der Waals surface area (Å²) in [5.74, 6) is 2.42. The molecule has 2 unspecified atom stereocenters. The lowest BCUT2D eigenvalue weighted by molar-refractivity contribution is 0.0623. The van der Waals surface area contributed by atoms with Crippen LogP contribution in [0.2, 0.25) is 0 Å². The van der Waals surface area contributed by atoms with Crippen LogP contribution in [0.1, 0.15) is 36.2 Å². The van der Waals surface area contributed by atoms with Crippen molar-refractivity contribution in [2.75, 3.05) is 19.3 Å². The first-order chi connectivity index (χ1) is 9.10. The topological polar surface area (TPSA) is 20.3 Å². The molecule has 1 heterocycles. The molecule has 1 saturated heterocycles. The number of hydrogen-bond acceptors (Lipinski definition) is 2. The third kappa shape index (κ3) is 3.75. The van der Waals surface area contributed by atoms with E-state index in [2.05, 4.69) is 32.2 Å². The Hall–Kier alpha value is -0.960. The molecule has 0 N–H and O–H groups in total. The molecule has 2 atom stereocenters. The molecule has 0 aliphatic carbocycles. The van der Waals surface area contributed by atoms with Crippen LogP contribution in [-0.2, 0) is 5.75 Å². The Bertz CT molecular complexity index is 419. The maximum Gasteiger partial charge on any atom is 0.253 e. The molecular weight excluding hydrogens is 254 g/mol. The Balaban J connectivity index is 2.06. The molecule has 1 aliphatic rings. The monoisotopic (exact) mass is 277 g/mol. The van der Waals surface area contributed by atoms with Gasteiger partial charge < -0.3 is 4.90 Å². The van der Waals surface area contributed by atoms with E-state index in [1.165, 1.54) is 12.0 Å². The number of likely N-dealkylation sites (tertiary alicyclic amines) is 1. The van der Waals surface area contributed by atoms with Crippen LogP contribution in [0.15, 0.2) is 24.3 Å². The van der Waals surface area contributed by atoms with Crippen molar-refractivity contribution in [3.63, 3.8) is 0 Å². The summed E-state index contributed by atoms with van der Waals surface area (Å²) >= 11 is 1.80. The molecule has 104 valence electrons. The van der Waals surface area contributed by atoms with Crippen LogP contribution in [0.3, 0.4) is 0 Å². The minimum atomic E-state index is 0.189. The molecule has 1 aromatic rings. The quantitative estimate of drug-likeness (QED) is 0.840. The van der Waals surface area contributed by atoms with E-state index < -0.39 is 0 Å². The molecule has 1 aliphatic heterocycles. The summed E-state index contributed by atoms with van der Waals surface area (Å²) < 4.78 is 0. The predicted molar refractivity (Wildman–Crippen MR) is 82.5 cm³/mol. The van der Waals surface area contributed by atoms with Gasteiger partial charge in [-0.05, 0) is 42.2 Å². The zero-order chi connectivity index (χ0) is 13.8. The molecule has 2 nitrogen and oxygen atoms in total. The lowest BCUT2D eigenvalue weighted by Crippen LogP contribution is -2.42. The Morgan fingerprint density at radius 2 is 1.79 bits per heavy atom. The zero-order valence-corrected chi connectivity index (χ0v) is 12.9. The summed E-state index contributed by atoms with van der Waals surface area (Å²) in [5, 5.41) is 0. The van der Waals surface area contributed by atoms with Crippen LogP contribution in [0.4, 0.5) is 0 Å². The fourth-order valence-electron chi connectivity index (χ4n) is 2.92. The summed E-state index contributed by atoms with van der Waals surface area (Å²) in [7, 11) is 0. The summed E-state index contributed by atoms with van der Waals surface area (Å²) in [5.41, 5.74) is 2.11. The fourth-order valence-corrected chi connectivity index (χ4v) is 3.45. The highest BCUT2D eigenvalue weighted by Crippen LogP contribution is 2.22. The second kappa shape index (κ2) is 6.47. The van der Waals surface area contributed by atoms with Crippen molar-refractivity contribution in [2.24, 2.45) is 11.8 Å². The molecule has 0 radical (unpaired) electrons. The van der Waals surface area contributed by atoms with E-state index in [1.807, 2.05) is 17.0 Å². The maximum absolute atomic E-state index is 12.5. The average Bonchev–Trinajstić information content (AvgIpc) is 2.38. The Morgan fingerprint density at radius 3 is 2.32 bits per heavy atom. The van der Waals surface area contributed by atoms with Crippen molar-refractivity contribution in [3.8, 4) is 0 Å². The van der Waals surface area contributed by atoms with Crippen LogP contribution in [-0.4, -0.2) is 30.2 Å². The summed E-state index contributed by atoms with van der Waals surface area (Å²) in [6.07, 6.45) is 3.33. The SMILES string of the molecule is CSCc1ccc(C(=O)N2CC(C)CC(C)C2)cc1. The van der Waals surface area contributed by atoms with Crippen molar-refractivity contribution >= 4 is 17.7 Å². The van der Waals surface area contributed by atoms with E-state index >= 15 is 0 Å². The van der Waals surface area contributed by atoms with E-state index in [1.54, 1.807) is 11.8 Å². The highest BCUT2D eigenvalue weighted by Gasteiger charge is 2.25. The first kappa shape index (κ1) is 14.4. The van der Waals surface area contributed by atoms with Gasteiger partial charge in [0.15, 0.2) is 0 Å². The second-order valence-electron chi connectivity index (χ2n) is 5.79. The Morgan fingerprint density at radius 1 is 1.21 bits per heavy atom. The van der Waals surface area contributed by atoms with E-state index in [9.17, 15) is 4.79 Å². The molecule has 0 aromatic heterocycles. The van der Waals surface area contributed by atoms with Gasteiger partial charge in [0.05, 0.1) is 0 Å².